The summed E-state index contributed by atoms with van der Waals surface area (Å²) in [5.74, 6) is 0. The van der Waals surface area contributed by atoms with Crippen LogP contribution in [0, 0.1) is 0 Å². The predicted octanol–water partition coefficient (Wildman–Crippen LogP) is 12.4. The second-order valence-electron chi connectivity index (χ2n) is 15.9. The van der Waals surface area contributed by atoms with Crippen LogP contribution in [-0.2, 0) is 18.4 Å². The maximum atomic E-state index is 4.70. The van der Waals surface area contributed by atoms with Gasteiger partial charge in [-0.1, -0.05) is 135 Å². The quantitative estimate of drug-likeness (QED) is 0.171. The molecule has 3 heteroatoms. The van der Waals surface area contributed by atoms with Crippen molar-refractivity contribution in [3.8, 4) is 39.1 Å². The third-order valence-electron chi connectivity index (χ3n) is 12.6. The van der Waals surface area contributed by atoms with Gasteiger partial charge < -0.3 is 9.88 Å². The number of fused-ring (bicyclic) bond motifs is 9. The van der Waals surface area contributed by atoms with Gasteiger partial charge in [0, 0.05) is 34.3 Å². The molecule has 0 spiro atoms. The maximum Gasteiger partial charge on any atom is 0.0751 e. The number of rotatable bonds is 6. The topological polar surface area (TPSA) is 29.3 Å². The summed E-state index contributed by atoms with van der Waals surface area (Å²) < 4.78 is 2.49. The van der Waals surface area contributed by atoms with E-state index in [1.165, 1.54) is 88.7 Å². The number of nitrogens with one attached hydrogen (secondary N) is 1. The van der Waals surface area contributed by atoms with Crippen molar-refractivity contribution in [2.24, 2.45) is 4.99 Å². The number of hydrogen-bond acceptors (Lipinski definition) is 2. The smallest absolute Gasteiger partial charge is 0.0751 e. The van der Waals surface area contributed by atoms with Crippen molar-refractivity contribution in [2.45, 2.75) is 44.7 Å². The number of hydrogen-bond donors (Lipinski definition) is 1. The summed E-state index contributed by atoms with van der Waals surface area (Å²) in [6.45, 7) is 9.57. The van der Waals surface area contributed by atoms with Crippen LogP contribution in [0.15, 0.2) is 156 Å². The van der Waals surface area contributed by atoms with Crippen molar-refractivity contribution in [1.82, 2.24) is 9.88 Å². The highest BCUT2D eigenvalue weighted by Gasteiger charge is 2.36. The second kappa shape index (κ2) is 12.1. The molecule has 6 aromatic carbocycles. The maximum absolute atomic E-state index is 4.70. The second-order valence-corrected chi connectivity index (χ2v) is 15.9. The van der Waals surface area contributed by atoms with Gasteiger partial charge in [0.25, 0.3) is 0 Å². The van der Waals surface area contributed by atoms with Crippen LogP contribution >= 0.6 is 0 Å². The van der Waals surface area contributed by atoms with Crippen molar-refractivity contribution in [1.29, 1.82) is 0 Å². The molecule has 4 aliphatic carbocycles. The lowest BCUT2D eigenvalue weighted by molar-refractivity contribution is 0.658. The monoisotopic (exact) mass is 707 g/mol. The molecule has 0 saturated carbocycles. The minimum atomic E-state index is -0.0167. The fourth-order valence-corrected chi connectivity index (χ4v) is 9.99. The third kappa shape index (κ3) is 4.70. The molecule has 0 radical (unpaired) electrons. The van der Waals surface area contributed by atoms with Gasteiger partial charge in [-0.2, -0.15) is 0 Å². The molecule has 1 atom stereocenters. The number of nitrogens with zero attached hydrogens (tertiary/aromatic N) is 2. The highest BCUT2D eigenvalue weighted by Crippen LogP contribution is 2.52. The van der Waals surface area contributed by atoms with E-state index in [9.17, 15) is 0 Å². The van der Waals surface area contributed by atoms with E-state index in [2.05, 4.69) is 182 Å². The van der Waals surface area contributed by atoms with Gasteiger partial charge in [-0.05, 0) is 122 Å². The van der Waals surface area contributed by atoms with Crippen LogP contribution in [0.2, 0.25) is 0 Å². The van der Waals surface area contributed by atoms with Gasteiger partial charge in [0.05, 0.1) is 17.3 Å². The van der Waals surface area contributed by atoms with E-state index in [0.29, 0.717) is 0 Å². The predicted molar refractivity (Wildman–Crippen MR) is 232 cm³/mol. The Bertz CT molecular complexity index is 2880. The Morgan fingerprint density at radius 1 is 0.745 bits per heavy atom. The lowest BCUT2D eigenvalue weighted by Crippen LogP contribution is -2.29. The molecule has 11 rings (SSSR count). The first-order chi connectivity index (χ1) is 27.0. The number of allylic oxidation sites excluding steroid dienone is 3. The van der Waals surface area contributed by atoms with Crippen molar-refractivity contribution in [3.05, 3.63) is 185 Å². The summed E-state index contributed by atoms with van der Waals surface area (Å²) in [5.41, 5.74) is 20.4. The van der Waals surface area contributed by atoms with Crippen LogP contribution in [0.25, 0.3) is 72.5 Å². The fourth-order valence-electron chi connectivity index (χ4n) is 9.99. The zero-order valence-corrected chi connectivity index (χ0v) is 31.2. The van der Waals surface area contributed by atoms with E-state index in [0.717, 1.165) is 36.2 Å². The largest absolute Gasteiger partial charge is 0.310 e. The molecule has 0 aliphatic heterocycles. The Morgan fingerprint density at radius 2 is 1.51 bits per heavy atom. The van der Waals surface area contributed by atoms with Crippen LogP contribution in [0.3, 0.4) is 0 Å². The summed E-state index contributed by atoms with van der Waals surface area (Å²) in [7, 11) is 0. The third-order valence-corrected chi connectivity index (χ3v) is 12.6. The molecule has 1 unspecified atom stereocenters. The first-order valence-electron chi connectivity index (χ1n) is 19.5. The first kappa shape index (κ1) is 32.2. The summed E-state index contributed by atoms with van der Waals surface area (Å²) in [5, 5.41) is 7.75. The van der Waals surface area contributed by atoms with Gasteiger partial charge in [0.15, 0.2) is 0 Å². The van der Waals surface area contributed by atoms with Crippen molar-refractivity contribution in [3.63, 3.8) is 0 Å². The van der Waals surface area contributed by atoms with Gasteiger partial charge in [0.1, 0.15) is 0 Å². The van der Waals surface area contributed by atoms with Crippen LogP contribution in [0.1, 0.15) is 53.8 Å². The van der Waals surface area contributed by atoms with Gasteiger partial charge in [-0.15, -0.1) is 0 Å². The van der Waals surface area contributed by atoms with E-state index in [1.54, 1.807) is 0 Å². The van der Waals surface area contributed by atoms with Crippen molar-refractivity contribution >= 4 is 40.2 Å². The molecule has 3 nitrogen and oxygen atoms in total. The Labute approximate surface area is 322 Å². The summed E-state index contributed by atoms with van der Waals surface area (Å²) in [4.78, 5) is 4.70. The SMILES string of the molecule is C=N/C(=C1/C=CC=CC1NCc1ccc(-n2c3c(c4cc5c(cc42)-c2ccccc2C5(C)C)CCC=C3)cc1)c1ccc2c3c(cccc13)-c1ccccc1-2. The van der Waals surface area contributed by atoms with E-state index in [1.807, 2.05) is 0 Å². The number of aryl methyl sites for hydroxylation is 1. The minimum Gasteiger partial charge on any atom is -0.310 e. The molecule has 1 aromatic heterocycles. The van der Waals surface area contributed by atoms with Crippen LogP contribution in [0.5, 0.6) is 0 Å². The molecular weight excluding hydrogens is 667 g/mol. The highest BCUT2D eigenvalue weighted by molar-refractivity contribution is 6.17. The van der Waals surface area contributed by atoms with Gasteiger partial charge in [-0.25, -0.2) is 0 Å². The molecule has 7 aromatic rings. The molecule has 1 N–H and O–H groups in total. The van der Waals surface area contributed by atoms with Crippen LogP contribution in [-0.4, -0.2) is 17.3 Å². The van der Waals surface area contributed by atoms with Gasteiger partial charge in [0.2, 0.25) is 0 Å². The fraction of sp³-hybridized carbons (Fsp3) is 0.135. The van der Waals surface area contributed by atoms with E-state index in [4.69, 9.17) is 4.99 Å². The lowest BCUT2D eigenvalue weighted by atomic mass is 9.82. The Balaban J connectivity index is 0.925. The van der Waals surface area contributed by atoms with Gasteiger partial charge >= 0.3 is 0 Å². The molecule has 0 bridgehead atoms. The minimum absolute atomic E-state index is 0.00909. The van der Waals surface area contributed by atoms with Crippen molar-refractivity contribution in [2.75, 3.05) is 0 Å². The molecule has 0 saturated heterocycles. The average molecular weight is 708 g/mol. The first-order valence-corrected chi connectivity index (χ1v) is 19.5. The van der Waals surface area contributed by atoms with Crippen LogP contribution < -0.4 is 5.32 Å². The Morgan fingerprint density at radius 3 is 2.33 bits per heavy atom. The zero-order valence-electron chi connectivity index (χ0n) is 31.2. The summed E-state index contributed by atoms with van der Waals surface area (Å²) >= 11 is 0. The Hall–Kier alpha value is -6.29. The standard InChI is InChI=1S/C52H41N3/c1-52(2)45-20-9-6-15-36(45)43-30-49-44(29-46(43)52)37-16-8-11-22-48(37)55(49)33-25-23-32(24-26-33)31-54-47-21-10-7-17-42(47)51(53-3)41-28-27-40-35-14-5-4-13-34(35)38-18-12-19-39(41)50(38)40/h4-7,9-15,17-30,47,54H,3,8,16,31H2,1-2H3/b51-42-. The molecule has 0 amide bonds. The normalized spacial score (nSPS) is 17.7. The van der Waals surface area contributed by atoms with Gasteiger partial charge in [-0.3, -0.25) is 4.99 Å². The molecule has 1 heterocycles. The lowest BCUT2D eigenvalue weighted by Gasteiger charge is -2.22. The van der Waals surface area contributed by atoms with E-state index < -0.39 is 0 Å². The number of aliphatic imine (C=N–C) groups is 1. The highest BCUT2D eigenvalue weighted by atomic mass is 15.0. The number of benzene rings is 6. The summed E-state index contributed by atoms with van der Waals surface area (Å²) in [6, 6.07) is 42.9. The van der Waals surface area contributed by atoms with Crippen LogP contribution in [0.4, 0.5) is 0 Å². The molecule has 4 aliphatic rings. The van der Waals surface area contributed by atoms with E-state index in [-0.39, 0.29) is 11.5 Å². The zero-order chi connectivity index (χ0) is 36.8. The average Bonchev–Trinajstić information content (AvgIpc) is 3.82. The Kier molecular flexibility index (Phi) is 7.08. The molecule has 0 fully saturated rings. The molecule has 55 heavy (non-hydrogen) atoms. The summed E-state index contributed by atoms with van der Waals surface area (Å²) in [6.07, 6.45) is 15.5. The molecule has 264 valence electrons. The van der Waals surface area contributed by atoms with E-state index >= 15 is 0 Å². The number of aromatic nitrogens is 1. The van der Waals surface area contributed by atoms with Crippen molar-refractivity contribution < 1.29 is 0 Å². The molecular formula is C52H41N3.